The van der Waals surface area contributed by atoms with E-state index >= 15 is 0 Å². The predicted molar refractivity (Wildman–Crippen MR) is 131 cm³/mol. The number of guanidine groups is 1. The molecule has 2 aliphatic heterocycles. The number of nitrogens with zero attached hydrogens (tertiary/aromatic N) is 4. The van der Waals surface area contributed by atoms with E-state index in [-0.39, 0.29) is 29.9 Å². The van der Waals surface area contributed by atoms with Gasteiger partial charge < -0.3 is 19.5 Å². The number of rotatable bonds is 5. The second-order valence-electron chi connectivity index (χ2n) is 7.83. The van der Waals surface area contributed by atoms with Crippen LogP contribution in [0.3, 0.4) is 0 Å². The van der Waals surface area contributed by atoms with Crippen molar-refractivity contribution in [1.29, 1.82) is 0 Å². The minimum Gasteiger partial charge on any atom is -0.461 e. The zero-order chi connectivity index (χ0) is 20.1. The molecule has 164 valence electrons. The van der Waals surface area contributed by atoms with Crippen LogP contribution in [0.1, 0.15) is 18.6 Å². The number of benzene rings is 1. The van der Waals surface area contributed by atoms with Crippen molar-refractivity contribution in [2.75, 3.05) is 59.4 Å². The Hall–Kier alpha value is -1.81. The Morgan fingerprint density at radius 3 is 2.50 bits per heavy atom. The van der Waals surface area contributed by atoms with Gasteiger partial charge in [0.25, 0.3) is 0 Å². The van der Waals surface area contributed by atoms with Gasteiger partial charge >= 0.3 is 0 Å². The lowest BCUT2D eigenvalue weighted by Crippen LogP contribution is -2.54. The number of halogens is 1. The summed E-state index contributed by atoms with van der Waals surface area (Å²) in [6.07, 6.45) is 3.11. The standard InChI is InChI=1S/C22H31N5O2.HI/c1-23-22(24-9-8-19-16-18-6-2-3-7-20(18)29-19)27-14-12-25(13-15-27)17-21(28)26-10-4-5-11-26;/h2-3,6-7,16H,4-5,8-15,17H2,1H3,(H,23,24);1H. The number of furan rings is 1. The summed E-state index contributed by atoms with van der Waals surface area (Å²) < 4.78 is 5.89. The summed E-state index contributed by atoms with van der Waals surface area (Å²) >= 11 is 0. The van der Waals surface area contributed by atoms with Crippen LogP contribution >= 0.6 is 24.0 Å². The number of fused-ring (bicyclic) bond motifs is 1. The van der Waals surface area contributed by atoms with E-state index in [1.54, 1.807) is 0 Å². The molecule has 2 aliphatic rings. The molecule has 8 heteroatoms. The van der Waals surface area contributed by atoms with Crippen molar-refractivity contribution < 1.29 is 9.21 Å². The number of hydrogen-bond acceptors (Lipinski definition) is 4. The molecule has 0 saturated carbocycles. The Kier molecular flexibility index (Phi) is 8.38. The van der Waals surface area contributed by atoms with Crippen molar-refractivity contribution in [3.05, 3.63) is 36.1 Å². The molecule has 0 radical (unpaired) electrons. The number of piperazine rings is 1. The Morgan fingerprint density at radius 2 is 1.80 bits per heavy atom. The average Bonchev–Trinajstić information content (AvgIpc) is 3.41. The Labute approximate surface area is 195 Å². The minimum atomic E-state index is 0. The first kappa shape index (κ1) is 22.9. The van der Waals surface area contributed by atoms with E-state index < -0.39 is 0 Å². The van der Waals surface area contributed by atoms with Gasteiger partial charge in [0.05, 0.1) is 6.54 Å². The quantitative estimate of drug-likeness (QED) is 0.369. The highest BCUT2D eigenvalue weighted by atomic mass is 127. The van der Waals surface area contributed by atoms with Crippen LogP contribution in [-0.4, -0.2) is 86.0 Å². The van der Waals surface area contributed by atoms with Crippen molar-refractivity contribution in [2.24, 2.45) is 4.99 Å². The Morgan fingerprint density at radius 1 is 1.07 bits per heavy atom. The Balaban J connectivity index is 0.00000256. The molecule has 1 N–H and O–H groups in total. The van der Waals surface area contributed by atoms with E-state index in [1.165, 1.54) is 0 Å². The summed E-state index contributed by atoms with van der Waals surface area (Å²) in [6, 6.07) is 10.2. The summed E-state index contributed by atoms with van der Waals surface area (Å²) in [4.78, 5) is 23.3. The van der Waals surface area contributed by atoms with Crippen molar-refractivity contribution >= 4 is 46.8 Å². The second kappa shape index (κ2) is 11.0. The first-order valence-corrected chi connectivity index (χ1v) is 10.7. The van der Waals surface area contributed by atoms with Crippen molar-refractivity contribution in [3.8, 4) is 0 Å². The molecule has 0 bridgehead atoms. The summed E-state index contributed by atoms with van der Waals surface area (Å²) in [6.45, 7) is 6.75. The van der Waals surface area contributed by atoms with E-state index in [1.807, 2.05) is 30.1 Å². The van der Waals surface area contributed by atoms with Gasteiger partial charge in [-0.1, -0.05) is 18.2 Å². The largest absolute Gasteiger partial charge is 0.461 e. The number of aliphatic imine (C=N–C) groups is 1. The van der Waals surface area contributed by atoms with Crippen LogP contribution in [0.15, 0.2) is 39.7 Å². The van der Waals surface area contributed by atoms with Gasteiger partial charge in [0.2, 0.25) is 5.91 Å². The fourth-order valence-corrected chi connectivity index (χ4v) is 4.17. The molecule has 1 aromatic carbocycles. The van der Waals surface area contributed by atoms with E-state index in [0.29, 0.717) is 6.54 Å². The zero-order valence-electron chi connectivity index (χ0n) is 17.7. The maximum absolute atomic E-state index is 12.4. The fraction of sp³-hybridized carbons (Fsp3) is 0.545. The molecule has 2 saturated heterocycles. The molecule has 1 amide bonds. The molecule has 0 atom stereocenters. The van der Waals surface area contributed by atoms with Crippen molar-refractivity contribution in [3.63, 3.8) is 0 Å². The van der Waals surface area contributed by atoms with Crippen LogP contribution in [-0.2, 0) is 11.2 Å². The third-order valence-corrected chi connectivity index (χ3v) is 5.83. The van der Waals surface area contributed by atoms with E-state index in [4.69, 9.17) is 4.42 Å². The molecule has 2 aromatic rings. The van der Waals surface area contributed by atoms with Gasteiger partial charge in [0, 0.05) is 64.7 Å². The van der Waals surface area contributed by atoms with Crippen molar-refractivity contribution in [1.82, 2.24) is 20.0 Å². The topological polar surface area (TPSA) is 64.3 Å². The number of likely N-dealkylation sites (tertiary alicyclic amines) is 1. The lowest BCUT2D eigenvalue weighted by atomic mass is 10.2. The Bertz CT molecular complexity index is 821. The summed E-state index contributed by atoms with van der Waals surface area (Å²) in [7, 11) is 1.83. The fourth-order valence-electron chi connectivity index (χ4n) is 4.17. The van der Waals surface area contributed by atoms with Crippen LogP contribution < -0.4 is 5.32 Å². The molecular formula is C22H32IN5O2. The number of hydrogen-bond donors (Lipinski definition) is 1. The highest BCUT2D eigenvalue weighted by molar-refractivity contribution is 14.0. The average molecular weight is 525 g/mol. The number of nitrogens with one attached hydrogen (secondary N) is 1. The van der Waals surface area contributed by atoms with Gasteiger partial charge in [-0.3, -0.25) is 14.7 Å². The van der Waals surface area contributed by atoms with Crippen molar-refractivity contribution in [2.45, 2.75) is 19.3 Å². The molecule has 30 heavy (non-hydrogen) atoms. The van der Waals surface area contributed by atoms with Crippen LogP contribution in [0.5, 0.6) is 0 Å². The maximum atomic E-state index is 12.4. The van der Waals surface area contributed by atoms with E-state index in [2.05, 4.69) is 32.2 Å². The van der Waals surface area contributed by atoms with Crippen LogP contribution in [0.4, 0.5) is 0 Å². The normalized spacial score (nSPS) is 18.0. The second-order valence-corrected chi connectivity index (χ2v) is 7.83. The first-order chi connectivity index (χ1) is 14.2. The summed E-state index contributed by atoms with van der Waals surface area (Å²) in [5.41, 5.74) is 0.937. The number of amides is 1. The van der Waals surface area contributed by atoms with Gasteiger partial charge in [-0.05, 0) is 25.0 Å². The third kappa shape index (κ3) is 5.66. The molecule has 1 aromatic heterocycles. The number of carbonyl (C=O) groups is 1. The predicted octanol–water partition coefficient (Wildman–Crippen LogP) is 2.41. The number of para-hydroxylation sites is 1. The van der Waals surface area contributed by atoms with Crippen LogP contribution in [0, 0.1) is 0 Å². The van der Waals surface area contributed by atoms with Gasteiger partial charge in [0.15, 0.2) is 5.96 Å². The molecule has 0 aliphatic carbocycles. The maximum Gasteiger partial charge on any atom is 0.236 e. The highest BCUT2D eigenvalue weighted by Crippen LogP contribution is 2.18. The zero-order valence-corrected chi connectivity index (χ0v) is 20.0. The summed E-state index contributed by atoms with van der Waals surface area (Å²) in [5.74, 6) is 2.19. The lowest BCUT2D eigenvalue weighted by Gasteiger charge is -2.36. The molecule has 0 unspecified atom stereocenters. The van der Waals surface area contributed by atoms with Crippen LogP contribution in [0.25, 0.3) is 11.0 Å². The SMILES string of the molecule is CN=C(NCCc1cc2ccccc2o1)N1CCN(CC(=O)N2CCCC2)CC1.I. The van der Waals surface area contributed by atoms with E-state index in [9.17, 15) is 4.79 Å². The molecule has 0 spiro atoms. The molecule has 2 fully saturated rings. The highest BCUT2D eigenvalue weighted by Gasteiger charge is 2.24. The van der Waals surface area contributed by atoms with Gasteiger partial charge in [-0.2, -0.15) is 0 Å². The first-order valence-electron chi connectivity index (χ1n) is 10.7. The van der Waals surface area contributed by atoms with Gasteiger partial charge in [-0.15, -0.1) is 24.0 Å². The van der Waals surface area contributed by atoms with Gasteiger partial charge in [0.1, 0.15) is 11.3 Å². The minimum absolute atomic E-state index is 0. The van der Waals surface area contributed by atoms with Gasteiger partial charge in [-0.25, -0.2) is 0 Å². The smallest absolute Gasteiger partial charge is 0.236 e. The molecular weight excluding hydrogens is 493 g/mol. The monoisotopic (exact) mass is 525 g/mol. The molecule has 4 rings (SSSR count). The molecule has 7 nitrogen and oxygen atoms in total. The third-order valence-electron chi connectivity index (χ3n) is 5.83. The lowest BCUT2D eigenvalue weighted by molar-refractivity contribution is -0.131. The summed E-state index contributed by atoms with van der Waals surface area (Å²) in [5, 5.41) is 4.60. The molecule has 3 heterocycles. The van der Waals surface area contributed by atoms with Crippen LogP contribution in [0.2, 0.25) is 0 Å². The van der Waals surface area contributed by atoms with E-state index in [0.717, 1.165) is 87.8 Å². The number of carbonyl (C=O) groups excluding carboxylic acids is 1.